The minimum atomic E-state index is 0.125. The van der Waals surface area contributed by atoms with E-state index in [4.69, 9.17) is 5.73 Å². The number of piperidine rings is 2. The van der Waals surface area contributed by atoms with E-state index in [-0.39, 0.29) is 5.91 Å². The van der Waals surface area contributed by atoms with Crippen LogP contribution >= 0.6 is 0 Å². The molecule has 0 bridgehead atoms. The lowest BCUT2D eigenvalue weighted by molar-refractivity contribution is 0.0724. The summed E-state index contributed by atoms with van der Waals surface area (Å²) >= 11 is 0. The first-order valence-electron chi connectivity index (χ1n) is 9.39. The van der Waals surface area contributed by atoms with Gasteiger partial charge in [-0.25, -0.2) is 4.98 Å². The minimum absolute atomic E-state index is 0.125. The van der Waals surface area contributed by atoms with Crippen LogP contribution < -0.4 is 10.6 Å². The Morgan fingerprint density at radius 3 is 2.62 bits per heavy atom. The van der Waals surface area contributed by atoms with Crippen LogP contribution in [0.5, 0.6) is 0 Å². The van der Waals surface area contributed by atoms with Gasteiger partial charge in [0.25, 0.3) is 5.91 Å². The minimum Gasteiger partial charge on any atom is -0.367 e. The number of amides is 1. The van der Waals surface area contributed by atoms with Gasteiger partial charge in [0.1, 0.15) is 11.6 Å². The number of nitrogens with zero attached hydrogens (tertiary/aromatic N) is 5. The first-order chi connectivity index (χ1) is 12.7. The highest BCUT2D eigenvalue weighted by Crippen LogP contribution is 2.28. The van der Waals surface area contributed by atoms with Crippen LogP contribution in [0.3, 0.4) is 0 Å². The number of carbonyl (C=O) groups is 1. The number of nitrogen functional groups attached to an aromatic ring is 1. The molecule has 4 rings (SSSR count). The van der Waals surface area contributed by atoms with Gasteiger partial charge in [0, 0.05) is 43.9 Å². The monoisotopic (exact) mass is 355 g/mol. The largest absolute Gasteiger partial charge is 0.367 e. The fourth-order valence-electron chi connectivity index (χ4n) is 3.86. The highest BCUT2D eigenvalue weighted by molar-refractivity contribution is 5.94. The van der Waals surface area contributed by atoms with E-state index in [0.29, 0.717) is 11.9 Å². The van der Waals surface area contributed by atoms with Crippen molar-refractivity contribution in [1.82, 2.24) is 25.1 Å². The lowest BCUT2D eigenvalue weighted by Crippen LogP contribution is -2.36. The Morgan fingerprint density at radius 2 is 1.92 bits per heavy atom. The second-order valence-corrected chi connectivity index (χ2v) is 7.10. The SMILES string of the molecule is Nc1n[nH]c(C2CCN(c3cc(C(=O)N4CCCCC4)ccn3)CC2)n1. The zero-order chi connectivity index (χ0) is 17.9. The summed E-state index contributed by atoms with van der Waals surface area (Å²) in [6.07, 6.45) is 7.08. The number of hydrogen-bond acceptors (Lipinski definition) is 6. The van der Waals surface area contributed by atoms with Crippen molar-refractivity contribution in [2.75, 3.05) is 36.8 Å². The van der Waals surface area contributed by atoms with Crippen LogP contribution in [0.2, 0.25) is 0 Å². The number of anilines is 2. The summed E-state index contributed by atoms with van der Waals surface area (Å²) in [7, 11) is 0. The van der Waals surface area contributed by atoms with Crippen molar-refractivity contribution in [3.63, 3.8) is 0 Å². The molecule has 0 aliphatic carbocycles. The van der Waals surface area contributed by atoms with Gasteiger partial charge in [-0.05, 0) is 44.2 Å². The smallest absolute Gasteiger partial charge is 0.254 e. The van der Waals surface area contributed by atoms with Gasteiger partial charge in [-0.2, -0.15) is 4.98 Å². The number of aromatic amines is 1. The van der Waals surface area contributed by atoms with Gasteiger partial charge < -0.3 is 15.5 Å². The molecule has 0 radical (unpaired) electrons. The van der Waals surface area contributed by atoms with Crippen LogP contribution in [0.25, 0.3) is 0 Å². The van der Waals surface area contributed by atoms with Crippen molar-refractivity contribution < 1.29 is 4.79 Å². The Kier molecular flexibility index (Phi) is 4.73. The number of aromatic nitrogens is 4. The molecule has 2 aliphatic rings. The highest BCUT2D eigenvalue weighted by Gasteiger charge is 2.25. The van der Waals surface area contributed by atoms with Gasteiger partial charge in [0.05, 0.1) is 0 Å². The van der Waals surface area contributed by atoms with E-state index < -0.39 is 0 Å². The Hall–Kier alpha value is -2.64. The van der Waals surface area contributed by atoms with E-state index in [1.165, 1.54) is 6.42 Å². The number of pyridine rings is 1. The van der Waals surface area contributed by atoms with Crippen molar-refractivity contribution in [1.29, 1.82) is 0 Å². The van der Waals surface area contributed by atoms with Crippen LogP contribution in [-0.2, 0) is 0 Å². The molecule has 0 spiro atoms. The maximum Gasteiger partial charge on any atom is 0.254 e. The first kappa shape index (κ1) is 16.8. The molecule has 2 aliphatic heterocycles. The third-order valence-corrected chi connectivity index (χ3v) is 5.36. The average molecular weight is 355 g/mol. The Morgan fingerprint density at radius 1 is 1.15 bits per heavy atom. The van der Waals surface area contributed by atoms with Gasteiger partial charge in [-0.3, -0.25) is 9.89 Å². The summed E-state index contributed by atoms with van der Waals surface area (Å²) in [5, 5.41) is 6.84. The van der Waals surface area contributed by atoms with Gasteiger partial charge in [0.15, 0.2) is 0 Å². The van der Waals surface area contributed by atoms with Gasteiger partial charge in [0.2, 0.25) is 5.95 Å². The second kappa shape index (κ2) is 7.31. The summed E-state index contributed by atoms with van der Waals surface area (Å²) in [4.78, 5) is 25.7. The van der Waals surface area contributed by atoms with E-state index in [1.54, 1.807) is 6.20 Å². The van der Waals surface area contributed by atoms with Crippen molar-refractivity contribution in [2.45, 2.75) is 38.0 Å². The topological polar surface area (TPSA) is 104 Å². The predicted molar refractivity (Wildman–Crippen MR) is 99.0 cm³/mol. The standard InChI is InChI=1S/C18H25N7O/c19-18-21-16(22-23-18)13-5-10-24(11-6-13)15-12-14(4-7-20-15)17(26)25-8-2-1-3-9-25/h4,7,12-13H,1-3,5-6,8-11H2,(H3,19,21,22,23). The molecule has 2 fully saturated rings. The third-order valence-electron chi connectivity index (χ3n) is 5.36. The number of nitrogens with one attached hydrogen (secondary N) is 1. The van der Waals surface area contributed by atoms with E-state index in [2.05, 4.69) is 25.1 Å². The molecular formula is C18H25N7O. The van der Waals surface area contributed by atoms with Crippen LogP contribution in [-0.4, -0.2) is 57.2 Å². The van der Waals surface area contributed by atoms with Crippen molar-refractivity contribution in [3.8, 4) is 0 Å². The Bertz CT molecular complexity index is 760. The van der Waals surface area contributed by atoms with E-state index in [9.17, 15) is 4.79 Å². The van der Waals surface area contributed by atoms with Crippen LogP contribution in [0.1, 0.15) is 54.2 Å². The van der Waals surface area contributed by atoms with Gasteiger partial charge in [-0.15, -0.1) is 5.10 Å². The molecule has 8 nitrogen and oxygen atoms in total. The summed E-state index contributed by atoms with van der Waals surface area (Å²) in [6.45, 7) is 3.48. The molecular weight excluding hydrogens is 330 g/mol. The molecule has 0 saturated carbocycles. The number of carbonyl (C=O) groups excluding carboxylic acids is 1. The van der Waals surface area contributed by atoms with Crippen LogP contribution in [0, 0.1) is 0 Å². The zero-order valence-corrected chi connectivity index (χ0v) is 14.9. The third kappa shape index (κ3) is 3.49. The molecule has 2 saturated heterocycles. The number of H-pyrrole nitrogens is 1. The molecule has 2 aromatic heterocycles. The fraction of sp³-hybridized carbons (Fsp3) is 0.556. The van der Waals surface area contributed by atoms with E-state index in [0.717, 1.165) is 69.1 Å². The molecule has 3 N–H and O–H groups in total. The normalized spacial score (nSPS) is 18.9. The second-order valence-electron chi connectivity index (χ2n) is 7.10. The first-order valence-corrected chi connectivity index (χ1v) is 9.39. The molecule has 4 heterocycles. The molecule has 138 valence electrons. The zero-order valence-electron chi connectivity index (χ0n) is 14.9. The molecule has 2 aromatic rings. The summed E-state index contributed by atoms with van der Waals surface area (Å²) in [6, 6.07) is 3.76. The quantitative estimate of drug-likeness (QED) is 0.870. The van der Waals surface area contributed by atoms with Gasteiger partial charge >= 0.3 is 0 Å². The van der Waals surface area contributed by atoms with Crippen LogP contribution in [0.4, 0.5) is 11.8 Å². The molecule has 26 heavy (non-hydrogen) atoms. The fourth-order valence-corrected chi connectivity index (χ4v) is 3.86. The van der Waals surface area contributed by atoms with E-state index >= 15 is 0 Å². The highest BCUT2D eigenvalue weighted by atomic mass is 16.2. The van der Waals surface area contributed by atoms with Crippen molar-refractivity contribution in [3.05, 3.63) is 29.7 Å². The number of likely N-dealkylation sites (tertiary alicyclic amines) is 1. The summed E-state index contributed by atoms with van der Waals surface area (Å²) in [5.74, 6) is 2.51. The van der Waals surface area contributed by atoms with E-state index in [1.807, 2.05) is 17.0 Å². The van der Waals surface area contributed by atoms with Crippen LogP contribution in [0.15, 0.2) is 18.3 Å². The molecule has 0 unspecified atom stereocenters. The Balaban J connectivity index is 1.41. The van der Waals surface area contributed by atoms with Gasteiger partial charge in [-0.1, -0.05) is 0 Å². The number of hydrogen-bond donors (Lipinski definition) is 2. The molecule has 8 heteroatoms. The molecule has 0 aromatic carbocycles. The number of nitrogens with two attached hydrogens (primary N) is 1. The molecule has 0 atom stereocenters. The number of rotatable bonds is 3. The maximum atomic E-state index is 12.7. The summed E-state index contributed by atoms with van der Waals surface area (Å²) < 4.78 is 0. The van der Waals surface area contributed by atoms with Crippen molar-refractivity contribution in [2.24, 2.45) is 0 Å². The Labute approximate surface area is 152 Å². The predicted octanol–water partition coefficient (Wildman–Crippen LogP) is 1.79. The lowest BCUT2D eigenvalue weighted by atomic mass is 9.96. The maximum absolute atomic E-state index is 12.7. The summed E-state index contributed by atoms with van der Waals surface area (Å²) in [5.41, 5.74) is 6.34. The lowest BCUT2D eigenvalue weighted by Gasteiger charge is -2.32. The van der Waals surface area contributed by atoms with Crippen molar-refractivity contribution >= 4 is 17.7 Å². The molecule has 1 amide bonds. The average Bonchev–Trinajstić information content (AvgIpc) is 3.15.